The number of amides is 1. The summed E-state index contributed by atoms with van der Waals surface area (Å²) in [5.41, 5.74) is 3.65. The molecule has 0 bridgehead atoms. The second kappa shape index (κ2) is 8.98. The van der Waals surface area contributed by atoms with Gasteiger partial charge in [0.2, 0.25) is 5.91 Å². The highest BCUT2D eigenvalue weighted by Crippen LogP contribution is 2.48. The predicted octanol–water partition coefficient (Wildman–Crippen LogP) is 5.81. The van der Waals surface area contributed by atoms with E-state index in [0.717, 1.165) is 46.8 Å². The van der Waals surface area contributed by atoms with E-state index in [2.05, 4.69) is 53.0 Å². The molecule has 2 aromatic rings. The van der Waals surface area contributed by atoms with E-state index in [9.17, 15) is 9.59 Å². The molecule has 1 amide bonds. The maximum atomic E-state index is 13.6. The molecule has 2 aliphatic carbocycles. The van der Waals surface area contributed by atoms with Crippen molar-refractivity contribution in [3.05, 3.63) is 57.9 Å². The standard InChI is InChI=1S/C27H33N3O2S/c1-27(2)15-20-25(22(31)16-27)26(23-13-8-14-33-23)30(21-12-7-6-11-19(21)29-20)17-24(32)28-18-9-4-3-5-10-18/h6-8,11-14,18,26,29H,3-5,9-10,15-17H2,1-2H3,(H,28,32)/t26-/m0/s1. The molecule has 1 aromatic carbocycles. The molecule has 174 valence electrons. The van der Waals surface area contributed by atoms with Crippen LogP contribution in [0, 0.1) is 5.41 Å². The highest BCUT2D eigenvalue weighted by molar-refractivity contribution is 7.10. The number of para-hydroxylation sites is 2. The first-order valence-electron chi connectivity index (χ1n) is 12.1. The minimum Gasteiger partial charge on any atom is -0.357 e. The summed E-state index contributed by atoms with van der Waals surface area (Å²) < 4.78 is 0. The number of carbonyl (C=O) groups excluding carboxylic acids is 2. The molecule has 1 aromatic heterocycles. The second-order valence-corrected chi connectivity index (χ2v) is 11.4. The highest BCUT2D eigenvalue weighted by Gasteiger charge is 2.42. The fourth-order valence-electron chi connectivity index (χ4n) is 5.64. The first-order chi connectivity index (χ1) is 15.9. The molecule has 33 heavy (non-hydrogen) atoms. The number of rotatable bonds is 4. The average Bonchev–Trinajstić information content (AvgIpc) is 3.26. The first-order valence-corrected chi connectivity index (χ1v) is 13.0. The van der Waals surface area contributed by atoms with Gasteiger partial charge in [0.15, 0.2) is 5.78 Å². The number of benzene rings is 1. The zero-order valence-electron chi connectivity index (χ0n) is 19.5. The number of nitrogens with one attached hydrogen (secondary N) is 2. The fraction of sp³-hybridized carbons (Fsp3) is 0.481. The van der Waals surface area contributed by atoms with Gasteiger partial charge in [-0.25, -0.2) is 0 Å². The van der Waals surface area contributed by atoms with Crippen molar-refractivity contribution < 1.29 is 9.59 Å². The van der Waals surface area contributed by atoms with Gasteiger partial charge in [-0.1, -0.05) is 51.3 Å². The number of Topliss-reactive ketones (excluding diaryl/α,β-unsaturated/α-hetero) is 1. The molecule has 5 nitrogen and oxygen atoms in total. The Hall–Kier alpha value is -2.60. The van der Waals surface area contributed by atoms with Crippen LogP contribution in [-0.4, -0.2) is 24.3 Å². The van der Waals surface area contributed by atoms with Crippen molar-refractivity contribution in [1.29, 1.82) is 0 Å². The van der Waals surface area contributed by atoms with E-state index in [1.165, 1.54) is 19.3 Å². The quantitative estimate of drug-likeness (QED) is 0.600. The summed E-state index contributed by atoms with van der Waals surface area (Å²) in [6.45, 7) is 4.54. The molecule has 2 N–H and O–H groups in total. The zero-order valence-corrected chi connectivity index (χ0v) is 20.3. The summed E-state index contributed by atoms with van der Waals surface area (Å²) in [5.74, 6) is 0.212. The number of hydrogen-bond acceptors (Lipinski definition) is 5. The third kappa shape index (κ3) is 4.58. The van der Waals surface area contributed by atoms with Gasteiger partial charge in [0.05, 0.1) is 24.0 Å². The largest absolute Gasteiger partial charge is 0.357 e. The summed E-state index contributed by atoms with van der Waals surface area (Å²) in [4.78, 5) is 30.1. The maximum absolute atomic E-state index is 13.6. The number of allylic oxidation sites excluding steroid dienone is 1. The van der Waals surface area contributed by atoms with Crippen LogP contribution in [0.3, 0.4) is 0 Å². The Balaban J connectivity index is 1.57. The SMILES string of the molecule is CC1(C)CC(=O)C2=C(C1)Nc1ccccc1N(CC(=O)NC1CCCCC1)[C@H]2c1cccs1. The molecule has 1 saturated carbocycles. The Bertz CT molecular complexity index is 1070. The van der Waals surface area contributed by atoms with Crippen LogP contribution in [0.25, 0.3) is 0 Å². The Kier molecular flexibility index (Phi) is 6.04. The number of anilines is 2. The molecule has 0 spiro atoms. The minimum absolute atomic E-state index is 0.0332. The van der Waals surface area contributed by atoms with Crippen molar-refractivity contribution in [3.8, 4) is 0 Å². The van der Waals surface area contributed by atoms with Gasteiger partial charge >= 0.3 is 0 Å². The number of thiophene rings is 1. The van der Waals surface area contributed by atoms with E-state index >= 15 is 0 Å². The van der Waals surface area contributed by atoms with Crippen molar-refractivity contribution in [2.45, 2.75) is 70.9 Å². The second-order valence-electron chi connectivity index (χ2n) is 10.4. The summed E-state index contributed by atoms with van der Waals surface area (Å²) in [7, 11) is 0. The van der Waals surface area contributed by atoms with Gasteiger partial charge in [0.1, 0.15) is 0 Å². The van der Waals surface area contributed by atoms with Gasteiger partial charge in [-0.3, -0.25) is 9.59 Å². The normalized spacial score (nSPS) is 22.8. The van der Waals surface area contributed by atoms with E-state index in [-0.39, 0.29) is 35.7 Å². The number of nitrogens with zero attached hydrogens (tertiary/aromatic N) is 1. The van der Waals surface area contributed by atoms with Crippen molar-refractivity contribution >= 4 is 34.4 Å². The third-order valence-electron chi connectivity index (χ3n) is 7.10. The van der Waals surface area contributed by atoms with Crippen LogP contribution in [-0.2, 0) is 9.59 Å². The first kappa shape index (κ1) is 22.2. The van der Waals surface area contributed by atoms with E-state index in [1.807, 2.05) is 18.2 Å². The van der Waals surface area contributed by atoms with Crippen LogP contribution in [0.1, 0.15) is 69.7 Å². The molecular weight excluding hydrogens is 430 g/mol. The molecular formula is C27H33N3O2S. The van der Waals surface area contributed by atoms with Gasteiger partial charge < -0.3 is 15.5 Å². The molecule has 6 heteroatoms. The topological polar surface area (TPSA) is 61.4 Å². The highest BCUT2D eigenvalue weighted by atomic mass is 32.1. The molecule has 0 unspecified atom stereocenters. The Morgan fingerprint density at radius 1 is 1.12 bits per heavy atom. The van der Waals surface area contributed by atoms with E-state index in [1.54, 1.807) is 11.3 Å². The maximum Gasteiger partial charge on any atom is 0.239 e. The number of hydrogen-bond donors (Lipinski definition) is 2. The van der Waals surface area contributed by atoms with Crippen LogP contribution in [0.5, 0.6) is 0 Å². The molecule has 1 aliphatic heterocycles. The molecule has 2 heterocycles. The van der Waals surface area contributed by atoms with Crippen molar-refractivity contribution in [1.82, 2.24) is 5.32 Å². The zero-order chi connectivity index (χ0) is 23.0. The van der Waals surface area contributed by atoms with Crippen LogP contribution in [0.2, 0.25) is 0 Å². The van der Waals surface area contributed by atoms with Crippen molar-refractivity contribution in [2.75, 3.05) is 16.8 Å². The molecule has 1 fully saturated rings. The van der Waals surface area contributed by atoms with Crippen molar-refractivity contribution in [3.63, 3.8) is 0 Å². The molecule has 3 aliphatic rings. The van der Waals surface area contributed by atoms with Crippen LogP contribution in [0.15, 0.2) is 53.0 Å². The van der Waals surface area contributed by atoms with Gasteiger partial charge in [0, 0.05) is 28.6 Å². The minimum atomic E-state index is -0.267. The fourth-order valence-corrected chi connectivity index (χ4v) is 6.49. The lowest BCUT2D eigenvalue weighted by Crippen LogP contribution is -2.45. The molecule has 0 saturated heterocycles. The van der Waals surface area contributed by atoms with Gasteiger partial charge in [-0.15, -0.1) is 11.3 Å². The average molecular weight is 464 g/mol. The van der Waals surface area contributed by atoms with Crippen LogP contribution >= 0.6 is 11.3 Å². The van der Waals surface area contributed by atoms with Gasteiger partial charge in [-0.2, -0.15) is 0 Å². The molecule has 0 radical (unpaired) electrons. The summed E-state index contributed by atoms with van der Waals surface area (Å²) in [6, 6.07) is 12.2. The third-order valence-corrected chi connectivity index (χ3v) is 8.03. The van der Waals surface area contributed by atoms with E-state index in [0.29, 0.717) is 6.42 Å². The summed E-state index contributed by atoms with van der Waals surface area (Å²) in [6.07, 6.45) is 7.06. The van der Waals surface area contributed by atoms with Crippen molar-refractivity contribution in [2.24, 2.45) is 5.41 Å². The van der Waals surface area contributed by atoms with Gasteiger partial charge in [-0.05, 0) is 48.3 Å². The lowest BCUT2D eigenvalue weighted by atomic mass is 9.74. The molecule has 5 rings (SSSR count). The Labute approximate surface area is 200 Å². The number of carbonyl (C=O) groups is 2. The van der Waals surface area contributed by atoms with Crippen LogP contribution in [0.4, 0.5) is 11.4 Å². The van der Waals surface area contributed by atoms with E-state index in [4.69, 9.17) is 0 Å². The lowest BCUT2D eigenvalue weighted by molar-refractivity contribution is -0.121. The molecule has 1 atom stereocenters. The van der Waals surface area contributed by atoms with E-state index < -0.39 is 0 Å². The Morgan fingerprint density at radius 3 is 2.67 bits per heavy atom. The Morgan fingerprint density at radius 2 is 1.91 bits per heavy atom. The number of ketones is 1. The monoisotopic (exact) mass is 463 g/mol. The van der Waals surface area contributed by atoms with Crippen LogP contribution < -0.4 is 15.5 Å². The van der Waals surface area contributed by atoms with Gasteiger partial charge in [0.25, 0.3) is 0 Å². The lowest BCUT2D eigenvalue weighted by Gasteiger charge is -2.37. The summed E-state index contributed by atoms with van der Waals surface area (Å²) in [5, 5.41) is 8.95. The summed E-state index contributed by atoms with van der Waals surface area (Å²) >= 11 is 1.65. The predicted molar refractivity (Wildman–Crippen MR) is 135 cm³/mol. The number of fused-ring (bicyclic) bond motifs is 1. The smallest absolute Gasteiger partial charge is 0.239 e.